The van der Waals surface area contributed by atoms with Gasteiger partial charge < -0.3 is 10.2 Å². The summed E-state index contributed by atoms with van der Waals surface area (Å²) in [6, 6.07) is 30.1. The molecule has 4 aromatic carbocycles. The van der Waals surface area contributed by atoms with Gasteiger partial charge in [0.25, 0.3) is 10.0 Å². The number of carbonyl (C=O) groups is 2. The number of carbonyl (C=O) groups excluding carboxylic acids is 2. The van der Waals surface area contributed by atoms with E-state index in [9.17, 15) is 18.0 Å². The molecule has 45 heavy (non-hydrogen) atoms. The average Bonchev–Trinajstić information content (AvgIpc) is 3.05. The van der Waals surface area contributed by atoms with Crippen molar-refractivity contribution in [2.24, 2.45) is 0 Å². The lowest BCUT2D eigenvalue weighted by Gasteiger charge is -2.34. The monoisotopic (exact) mass is 643 g/mol. The molecule has 9 heteroatoms. The van der Waals surface area contributed by atoms with Crippen LogP contribution in [-0.4, -0.2) is 50.5 Å². The Morgan fingerprint density at radius 3 is 2.11 bits per heavy atom. The number of aryl methyl sites for hydroxylation is 2. The second-order valence-corrected chi connectivity index (χ2v) is 13.7. The summed E-state index contributed by atoms with van der Waals surface area (Å²) in [6.45, 7) is 5.98. The van der Waals surface area contributed by atoms with Gasteiger partial charge in [0, 0.05) is 24.4 Å². The second kappa shape index (κ2) is 15.8. The van der Waals surface area contributed by atoms with Crippen molar-refractivity contribution < 1.29 is 18.0 Å². The van der Waals surface area contributed by atoms with Crippen LogP contribution in [0.1, 0.15) is 35.6 Å². The number of sulfonamides is 1. The fraction of sp³-hybridized carbons (Fsp3) is 0.278. The maximum absolute atomic E-state index is 14.5. The zero-order chi connectivity index (χ0) is 32.4. The van der Waals surface area contributed by atoms with Crippen molar-refractivity contribution in [3.63, 3.8) is 0 Å². The lowest BCUT2D eigenvalue weighted by molar-refractivity contribution is -0.140. The SMILES string of the molecule is CCCNC(=O)[C@H](Cc1ccccc1)N(Cc1ccccc1C)C(=O)CN(c1ccc(C)cc1)S(=O)(=O)c1ccc(SC)cc1. The first-order valence-corrected chi connectivity index (χ1v) is 17.7. The molecule has 0 aliphatic heterocycles. The van der Waals surface area contributed by atoms with Crippen molar-refractivity contribution in [3.8, 4) is 0 Å². The molecule has 0 saturated heterocycles. The van der Waals surface area contributed by atoms with Crippen molar-refractivity contribution in [1.82, 2.24) is 10.2 Å². The van der Waals surface area contributed by atoms with E-state index in [1.54, 1.807) is 36.4 Å². The summed E-state index contributed by atoms with van der Waals surface area (Å²) in [7, 11) is -4.14. The third kappa shape index (κ3) is 8.77. The highest BCUT2D eigenvalue weighted by Gasteiger charge is 2.34. The van der Waals surface area contributed by atoms with Crippen LogP contribution in [0.2, 0.25) is 0 Å². The summed E-state index contributed by atoms with van der Waals surface area (Å²) >= 11 is 1.52. The van der Waals surface area contributed by atoms with Crippen LogP contribution in [0.5, 0.6) is 0 Å². The quantitative estimate of drug-likeness (QED) is 0.161. The number of amides is 2. The number of anilines is 1. The Hall–Kier alpha value is -4.08. The molecule has 0 aromatic heterocycles. The predicted octanol–water partition coefficient (Wildman–Crippen LogP) is 6.39. The molecule has 236 valence electrons. The van der Waals surface area contributed by atoms with Crippen LogP contribution in [0.4, 0.5) is 5.69 Å². The molecular formula is C36H41N3O4S2. The third-order valence-corrected chi connectivity index (χ3v) is 10.2. The highest BCUT2D eigenvalue weighted by atomic mass is 32.2. The van der Waals surface area contributed by atoms with Crippen LogP contribution in [-0.2, 0) is 32.6 Å². The third-order valence-electron chi connectivity index (χ3n) is 7.67. The minimum Gasteiger partial charge on any atom is -0.354 e. The van der Waals surface area contributed by atoms with Crippen LogP contribution in [0.15, 0.2) is 113 Å². The first kappa shape index (κ1) is 33.8. The molecule has 0 heterocycles. The van der Waals surface area contributed by atoms with Crippen LogP contribution >= 0.6 is 11.8 Å². The highest BCUT2D eigenvalue weighted by molar-refractivity contribution is 7.98. The molecule has 0 spiro atoms. The Balaban J connectivity index is 1.80. The maximum Gasteiger partial charge on any atom is 0.264 e. The van der Waals surface area contributed by atoms with Crippen molar-refractivity contribution in [1.29, 1.82) is 0 Å². The van der Waals surface area contributed by atoms with Gasteiger partial charge in [-0.05, 0) is 79.6 Å². The Morgan fingerprint density at radius 1 is 0.844 bits per heavy atom. The number of nitrogens with zero attached hydrogens (tertiary/aromatic N) is 2. The summed E-state index contributed by atoms with van der Waals surface area (Å²) in [5.74, 6) is -0.754. The van der Waals surface area contributed by atoms with E-state index in [1.165, 1.54) is 16.7 Å². The molecule has 0 aliphatic rings. The van der Waals surface area contributed by atoms with E-state index in [-0.39, 0.29) is 23.8 Å². The van der Waals surface area contributed by atoms with Crippen molar-refractivity contribution in [2.75, 3.05) is 23.7 Å². The number of rotatable bonds is 14. The van der Waals surface area contributed by atoms with Gasteiger partial charge in [-0.1, -0.05) is 79.2 Å². The largest absolute Gasteiger partial charge is 0.354 e. The molecule has 0 aliphatic carbocycles. The molecule has 4 rings (SSSR count). The molecule has 1 atom stereocenters. The van der Waals surface area contributed by atoms with Gasteiger partial charge in [0.15, 0.2) is 0 Å². The first-order chi connectivity index (χ1) is 21.6. The van der Waals surface area contributed by atoms with Crippen LogP contribution in [0, 0.1) is 13.8 Å². The van der Waals surface area contributed by atoms with Crippen LogP contribution < -0.4 is 9.62 Å². The van der Waals surface area contributed by atoms with Gasteiger partial charge in [-0.15, -0.1) is 11.8 Å². The predicted molar refractivity (Wildman–Crippen MR) is 183 cm³/mol. The lowest BCUT2D eigenvalue weighted by atomic mass is 10.0. The Bertz CT molecular complexity index is 1680. The molecule has 0 radical (unpaired) electrons. The normalized spacial score (nSPS) is 11.9. The molecule has 7 nitrogen and oxygen atoms in total. The van der Waals surface area contributed by atoms with E-state index in [0.717, 1.165) is 37.9 Å². The zero-order valence-electron chi connectivity index (χ0n) is 26.3. The average molecular weight is 644 g/mol. The van der Waals surface area contributed by atoms with Crippen LogP contribution in [0.3, 0.4) is 0 Å². The van der Waals surface area contributed by atoms with Gasteiger partial charge in [-0.25, -0.2) is 8.42 Å². The minimum absolute atomic E-state index is 0.0839. The second-order valence-electron chi connectivity index (χ2n) is 11.0. The molecule has 2 amide bonds. The first-order valence-electron chi connectivity index (χ1n) is 15.0. The zero-order valence-corrected chi connectivity index (χ0v) is 27.9. The molecule has 0 fully saturated rings. The fourth-order valence-electron chi connectivity index (χ4n) is 5.01. The standard InChI is InChI=1S/C36H41N3O4S2/c1-5-23-37-36(41)34(24-29-12-7-6-8-13-29)38(25-30-14-10-9-11-28(30)3)35(40)26-39(31-17-15-27(2)16-18-31)45(42,43)33-21-19-32(44-4)20-22-33/h6-22,34H,5,23-26H2,1-4H3,(H,37,41)/t34-/m0/s1. The molecule has 0 bridgehead atoms. The van der Waals surface area contributed by atoms with Gasteiger partial charge in [0.1, 0.15) is 12.6 Å². The van der Waals surface area contributed by atoms with Crippen LogP contribution in [0.25, 0.3) is 0 Å². The van der Waals surface area contributed by atoms with E-state index in [4.69, 9.17) is 0 Å². The van der Waals surface area contributed by atoms with E-state index in [0.29, 0.717) is 12.2 Å². The topological polar surface area (TPSA) is 86.8 Å². The van der Waals surface area contributed by atoms with E-state index in [1.807, 2.05) is 93.8 Å². The van der Waals surface area contributed by atoms with Gasteiger partial charge >= 0.3 is 0 Å². The Morgan fingerprint density at radius 2 is 1.49 bits per heavy atom. The number of hydrogen-bond acceptors (Lipinski definition) is 5. The molecule has 4 aromatic rings. The number of hydrogen-bond donors (Lipinski definition) is 1. The number of benzene rings is 4. The minimum atomic E-state index is -4.14. The van der Waals surface area contributed by atoms with E-state index >= 15 is 0 Å². The van der Waals surface area contributed by atoms with Crippen molar-refractivity contribution in [2.45, 2.75) is 56.0 Å². The maximum atomic E-state index is 14.5. The van der Waals surface area contributed by atoms with Gasteiger partial charge in [0.2, 0.25) is 11.8 Å². The smallest absolute Gasteiger partial charge is 0.264 e. The Kier molecular flexibility index (Phi) is 11.8. The summed E-state index contributed by atoms with van der Waals surface area (Å²) in [5, 5.41) is 2.98. The summed E-state index contributed by atoms with van der Waals surface area (Å²) in [5.41, 5.74) is 4.08. The Labute approximate surface area is 271 Å². The van der Waals surface area contributed by atoms with Crippen molar-refractivity contribution in [3.05, 3.63) is 125 Å². The van der Waals surface area contributed by atoms with Gasteiger partial charge in [0.05, 0.1) is 10.6 Å². The van der Waals surface area contributed by atoms with E-state index < -0.39 is 28.5 Å². The molecule has 0 unspecified atom stereocenters. The summed E-state index contributed by atoms with van der Waals surface area (Å²) in [6.07, 6.45) is 2.94. The van der Waals surface area contributed by atoms with Gasteiger partial charge in [-0.3, -0.25) is 13.9 Å². The number of thioether (sulfide) groups is 1. The lowest BCUT2D eigenvalue weighted by Crippen LogP contribution is -2.53. The fourth-order valence-corrected chi connectivity index (χ4v) is 6.83. The summed E-state index contributed by atoms with van der Waals surface area (Å²) < 4.78 is 29.5. The number of nitrogens with one attached hydrogen (secondary N) is 1. The summed E-state index contributed by atoms with van der Waals surface area (Å²) in [4.78, 5) is 30.8. The highest BCUT2D eigenvalue weighted by Crippen LogP contribution is 2.27. The van der Waals surface area contributed by atoms with Crippen molar-refractivity contribution >= 4 is 39.3 Å². The molecular weight excluding hydrogens is 603 g/mol. The van der Waals surface area contributed by atoms with Gasteiger partial charge in [-0.2, -0.15) is 0 Å². The molecule has 0 saturated carbocycles. The molecule has 1 N–H and O–H groups in total. The van der Waals surface area contributed by atoms with E-state index in [2.05, 4.69) is 5.32 Å².